The molecular weight excluding hydrogens is 394 g/mol. The third-order valence-electron chi connectivity index (χ3n) is 3.94. The summed E-state index contributed by atoms with van der Waals surface area (Å²) in [5.41, 5.74) is 1.28. The average Bonchev–Trinajstić information content (AvgIpc) is 2.73. The lowest BCUT2D eigenvalue weighted by atomic mass is 10.2. The zero-order valence-corrected chi connectivity index (χ0v) is 16.0. The Bertz CT molecular complexity index is 1020. The van der Waals surface area contributed by atoms with Crippen LogP contribution >= 0.6 is 11.6 Å². The second-order valence-electron chi connectivity index (χ2n) is 5.98. The molecule has 0 saturated heterocycles. The first-order chi connectivity index (χ1) is 14.1. The maximum Gasteiger partial charge on any atom is 0.329 e. The predicted molar refractivity (Wildman–Crippen MR) is 109 cm³/mol. The van der Waals surface area contributed by atoms with E-state index in [4.69, 9.17) is 16.9 Å². The molecule has 0 aliphatic heterocycles. The van der Waals surface area contributed by atoms with Crippen LogP contribution in [0.5, 0.6) is 0 Å². The molecule has 0 aliphatic carbocycles. The highest BCUT2D eigenvalue weighted by molar-refractivity contribution is 6.30. The second-order valence-corrected chi connectivity index (χ2v) is 6.42. The van der Waals surface area contributed by atoms with Gasteiger partial charge in [-0.3, -0.25) is 15.1 Å². The third kappa shape index (κ3) is 5.37. The topological polar surface area (TPSA) is 121 Å². The van der Waals surface area contributed by atoms with Crippen LogP contribution in [0.4, 0.5) is 23.1 Å². The van der Waals surface area contributed by atoms with Crippen LogP contribution in [0.25, 0.3) is 0 Å². The van der Waals surface area contributed by atoms with Crippen LogP contribution in [-0.2, 0) is 6.54 Å². The fourth-order valence-corrected chi connectivity index (χ4v) is 2.73. The molecule has 9 nitrogen and oxygen atoms in total. The molecule has 0 bridgehead atoms. The molecule has 0 radical (unpaired) electrons. The number of aromatic nitrogens is 3. The van der Waals surface area contributed by atoms with Crippen molar-refractivity contribution in [3.8, 4) is 6.07 Å². The monoisotopic (exact) mass is 409 g/mol. The molecule has 3 aromatic rings. The number of nitro groups is 1. The Morgan fingerprint density at radius 1 is 1.24 bits per heavy atom. The molecule has 2 aromatic heterocycles. The maximum atomic E-state index is 11.5. The molecule has 0 unspecified atom stereocenters. The van der Waals surface area contributed by atoms with Crippen molar-refractivity contribution in [1.29, 1.82) is 5.26 Å². The highest BCUT2D eigenvalue weighted by Gasteiger charge is 2.23. The first kappa shape index (κ1) is 20.0. The molecule has 0 aliphatic rings. The van der Waals surface area contributed by atoms with Crippen LogP contribution in [-0.4, -0.2) is 26.4 Å². The fraction of sp³-hybridized carbons (Fsp3) is 0.158. The number of hydrogen-bond donors (Lipinski definition) is 1. The number of nitriles is 1. The second kappa shape index (κ2) is 9.43. The Morgan fingerprint density at radius 3 is 2.69 bits per heavy atom. The van der Waals surface area contributed by atoms with E-state index >= 15 is 0 Å². The SMILES string of the molecule is N#CCCN(Cc1cccnc1)c1nc(Nc2ccc(Cl)cc2)ncc1[N+](=O)[O-]. The number of nitrogens with one attached hydrogen (secondary N) is 1. The summed E-state index contributed by atoms with van der Waals surface area (Å²) in [4.78, 5) is 25.2. The number of pyridine rings is 1. The number of halogens is 1. The van der Waals surface area contributed by atoms with Crippen molar-refractivity contribution in [3.05, 3.63) is 75.7 Å². The van der Waals surface area contributed by atoms with Gasteiger partial charge in [0.25, 0.3) is 0 Å². The van der Waals surface area contributed by atoms with Crippen LogP contribution in [0, 0.1) is 21.4 Å². The van der Waals surface area contributed by atoms with Gasteiger partial charge in [0.2, 0.25) is 11.8 Å². The summed E-state index contributed by atoms with van der Waals surface area (Å²) in [5, 5.41) is 24.1. The fourth-order valence-electron chi connectivity index (χ4n) is 2.61. The van der Waals surface area contributed by atoms with Crippen molar-refractivity contribution in [2.75, 3.05) is 16.8 Å². The van der Waals surface area contributed by atoms with Crippen LogP contribution in [0.3, 0.4) is 0 Å². The van der Waals surface area contributed by atoms with Gasteiger partial charge in [-0.1, -0.05) is 17.7 Å². The number of rotatable bonds is 8. The van der Waals surface area contributed by atoms with Crippen LogP contribution in [0.2, 0.25) is 5.02 Å². The summed E-state index contributed by atoms with van der Waals surface area (Å²) < 4.78 is 0. The van der Waals surface area contributed by atoms with Gasteiger partial charge in [-0.2, -0.15) is 10.2 Å². The molecule has 10 heteroatoms. The van der Waals surface area contributed by atoms with Gasteiger partial charge >= 0.3 is 5.69 Å². The van der Waals surface area contributed by atoms with Crippen molar-refractivity contribution in [3.63, 3.8) is 0 Å². The van der Waals surface area contributed by atoms with E-state index in [-0.39, 0.29) is 30.4 Å². The molecule has 0 saturated carbocycles. The quantitative estimate of drug-likeness (QED) is 0.436. The summed E-state index contributed by atoms with van der Waals surface area (Å²) >= 11 is 5.89. The Morgan fingerprint density at radius 2 is 2.03 bits per heavy atom. The maximum absolute atomic E-state index is 11.5. The predicted octanol–water partition coefficient (Wildman–Crippen LogP) is 4.10. The Balaban J connectivity index is 1.96. The minimum absolute atomic E-state index is 0.126. The van der Waals surface area contributed by atoms with Crippen molar-refractivity contribution in [2.24, 2.45) is 0 Å². The average molecular weight is 410 g/mol. The van der Waals surface area contributed by atoms with Gasteiger partial charge in [-0.05, 0) is 35.9 Å². The minimum atomic E-state index is -0.538. The van der Waals surface area contributed by atoms with Crippen molar-refractivity contribution < 1.29 is 4.92 Å². The van der Waals surface area contributed by atoms with Gasteiger partial charge in [0, 0.05) is 36.2 Å². The van der Waals surface area contributed by atoms with E-state index in [1.807, 2.05) is 6.07 Å². The number of nitrogens with zero attached hydrogens (tertiary/aromatic N) is 6. The smallest absolute Gasteiger partial charge is 0.329 e. The highest BCUT2D eigenvalue weighted by Crippen LogP contribution is 2.28. The van der Waals surface area contributed by atoms with Crippen LogP contribution in [0.1, 0.15) is 12.0 Å². The van der Waals surface area contributed by atoms with Gasteiger partial charge in [-0.15, -0.1) is 0 Å². The summed E-state index contributed by atoms with van der Waals surface area (Å²) in [6.07, 6.45) is 4.65. The lowest BCUT2D eigenvalue weighted by Crippen LogP contribution is -2.26. The van der Waals surface area contributed by atoms with Gasteiger partial charge < -0.3 is 10.2 Å². The number of benzene rings is 1. The molecule has 3 rings (SSSR count). The van der Waals surface area contributed by atoms with Gasteiger partial charge in [0.15, 0.2) is 0 Å². The van der Waals surface area contributed by atoms with E-state index in [1.54, 1.807) is 47.6 Å². The van der Waals surface area contributed by atoms with Gasteiger partial charge in [0.05, 0.1) is 17.4 Å². The number of anilines is 3. The largest absolute Gasteiger partial charge is 0.345 e. The van der Waals surface area contributed by atoms with E-state index in [0.29, 0.717) is 17.3 Å². The normalized spacial score (nSPS) is 10.2. The van der Waals surface area contributed by atoms with Crippen LogP contribution < -0.4 is 10.2 Å². The summed E-state index contributed by atoms with van der Waals surface area (Å²) in [5.74, 6) is 0.321. The lowest BCUT2D eigenvalue weighted by molar-refractivity contribution is -0.384. The van der Waals surface area contributed by atoms with E-state index < -0.39 is 4.92 Å². The van der Waals surface area contributed by atoms with Crippen molar-refractivity contribution in [1.82, 2.24) is 15.0 Å². The first-order valence-electron chi connectivity index (χ1n) is 8.61. The lowest BCUT2D eigenvalue weighted by Gasteiger charge is -2.22. The molecule has 0 amide bonds. The van der Waals surface area contributed by atoms with E-state index in [9.17, 15) is 10.1 Å². The zero-order chi connectivity index (χ0) is 20.6. The summed E-state index contributed by atoms with van der Waals surface area (Å²) in [7, 11) is 0. The Kier molecular flexibility index (Phi) is 6.50. The minimum Gasteiger partial charge on any atom is -0.345 e. The summed E-state index contributed by atoms with van der Waals surface area (Å²) in [6.45, 7) is 0.581. The van der Waals surface area contributed by atoms with Crippen molar-refractivity contribution >= 4 is 34.7 Å². The summed E-state index contributed by atoms with van der Waals surface area (Å²) in [6, 6.07) is 12.6. The highest BCUT2D eigenvalue weighted by atomic mass is 35.5. The van der Waals surface area contributed by atoms with Crippen LogP contribution in [0.15, 0.2) is 55.0 Å². The standard InChI is InChI=1S/C19H16ClN7O2/c20-15-4-6-16(7-5-15)24-19-23-12-17(27(28)29)18(25-19)26(10-2-8-21)13-14-3-1-9-22-11-14/h1,3-7,9,11-12H,2,10,13H2,(H,23,24,25). The van der Waals surface area contributed by atoms with Gasteiger partial charge in [0.1, 0.15) is 6.20 Å². The number of hydrogen-bond acceptors (Lipinski definition) is 8. The molecule has 29 heavy (non-hydrogen) atoms. The van der Waals surface area contributed by atoms with E-state index in [0.717, 1.165) is 11.8 Å². The molecule has 0 atom stereocenters. The van der Waals surface area contributed by atoms with Gasteiger partial charge in [-0.25, -0.2) is 4.98 Å². The molecule has 2 heterocycles. The molecular formula is C19H16ClN7O2. The first-order valence-corrected chi connectivity index (χ1v) is 8.99. The molecule has 0 spiro atoms. The van der Waals surface area contributed by atoms with Crippen molar-refractivity contribution in [2.45, 2.75) is 13.0 Å². The Labute approximate surface area is 171 Å². The molecule has 1 N–H and O–H groups in total. The molecule has 146 valence electrons. The Hall–Kier alpha value is -3.77. The zero-order valence-electron chi connectivity index (χ0n) is 15.2. The molecule has 1 aromatic carbocycles. The third-order valence-corrected chi connectivity index (χ3v) is 4.19. The van der Waals surface area contributed by atoms with E-state index in [1.165, 1.54) is 0 Å². The molecule has 0 fully saturated rings. The van der Waals surface area contributed by atoms with E-state index in [2.05, 4.69) is 26.3 Å².